The third-order valence-corrected chi connectivity index (χ3v) is 7.10. The Bertz CT molecular complexity index is 1110. The first kappa shape index (κ1) is 28.7. The molecule has 0 aliphatic heterocycles. The first-order valence-corrected chi connectivity index (χ1v) is 13.9. The lowest BCUT2D eigenvalue weighted by atomic mass is 9.87. The number of halogens is 1. The number of likely N-dealkylation sites (N-methyl/N-ethyl adjacent to an activating group) is 1. The van der Waals surface area contributed by atoms with Crippen LogP contribution in [0.25, 0.3) is 0 Å². The number of nitrogens with zero attached hydrogens (tertiary/aromatic N) is 2. The number of carbonyl (C=O) groups is 2. The van der Waals surface area contributed by atoms with Crippen LogP contribution in [0.3, 0.4) is 0 Å². The number of anilines is 1. The van der Waals surface area contributed by atoms with Gasteiger partial charge in [0, 0.05) is 18.1 Å². The summed E-state index contributed by atoms with van der Waals surface area (Å²) in [7, 11) is -3.77. The molecular formula is C26H36ClN3O4S. The molecule has 2 aromatic carbocycles. The maximum atomic E-state index is 13.6. The molecule has 0 aromatic heterocycles. The minimum Gasteiger partial charge on any atom is -0.355 e. The second kappa shape index (κ2) is 11.9. The quantitative estimate of drug-likeness (QED) is 0.503. The minimum absolute atomic E-state index is 0.0966. The summed E-state index contributed by atoms with van der Waals surface area (Å²) in [4.78, 5) is 27.8. The molecule has 0 aliphatic rings. The van der Waals surface area contributed by atoms with E-state index in [-0.39, 0.29) is 17.9 Å². The highest BCUT2D eigenvalue weighted by atomic mass is 35.5. The average Bonchev–Trinajstić information content (AvgIpc) is 2.77. The van der Waals surface area contributed by atoms with Crippen molar-refractivity contribution in [3.05, 3.63) is 64.7 Å². The summed E-state index contributed by atoms with van der Waals surface area (Å²) in [5, 5.41) is 3.34. The number of carbonyl (C=O) groups excluding carboxylic acids is 2. The Labute approximate surface area is 214 Å². The summed E-state index contributed by atoms with van der Waals surface area (Å²) in [6.45, 7) is 9.99. The van der Waals surface area contributed by atoms with Crippen molar-refractivity contribution in [2.75, 3.05) is 23.7 Å². The molecule has 7 nitrogen and oxygen atoms in total. The van der Waals surface area contributed by atoms with Gasteiger partial charge >= 0.3 is 0 Å². The predicted octanol–water partition coefficient (Wildman–Crippen LogP) is 4.35. The van der Waals surface area contributed by atoms with Gasteiger partial charge in [0.15, 0.2) is 0 Å². The van der Waals surface area contributed by atoms with Gasteiger partial charge in [0.25, 0.3) is 0 Å². The number of rotatable bonds is 10. The molecule has 0 fully saturated rings. The first-order valence-electron chi connectivity index (χ1n) is 11.7. The summed E-state index contributed by atoms with van der Waals surface area (Å²) >= 11 is 6.00. The van der Waals surface area contributed by atoms with E-state index in [1.807, 2.05) is 26.0 Å². The fourth-order valence-electron chi connectivity index (χ4n) is 3.74. The van der Waals surface area contributed by atoms with Crippen LogP contribution < -0.4 is 9.62 Å². The third-order valence-electron chi connectivity index (χ3n) is 5.70. The van der Waals surface area contributed by atoms with Gasteiger partial charge in [-0.1, -0.05) is 63.6 Å². The molecule has 2 aromatic rings. The van der Waals surface area contributed by atoms with Gasteiger partial charge in [-0.25, -0.2) is 8.42 Å². The molecule has 1 N–H and O–H groups in total. The van der Waals surface area contributed by atoms with E-state index in [2.05, 4.69) is 26.1 Å². The van der Waals surface area contributed by atoms with Gasteiger partial charge in [0.1, 0.15) is 12.6 Å². The molecule has 1 atom stereocenters. The van der Waals surface area contributed by atoms with Gasteiger partial charge in [-0.15, -0.1) is 0 Å². The van der Waals surface area contributed by atoms with Gasteiger partial charge in [0.2, 0.25) is 21.8 Å². The van der Waals surface area contributed by atoms with Gasteiger partial charge in [-0.2, -0.15) is 0 Å². The molecule has 0 saturated heterocycles. The van der Waals surface area contributed by atoms with Gasteiger partial charge < -0.3 is 10.2 Å². The van der Waals surface area contributed by atoms with Crippen LogP contribution in [0.2, 0.25) is 5.02 Å². The molecule has 0 heterocycles. The van der Waals surface area contributed by atoms with Crippen molar-refractivity contribution in [2.45, 2.75) is 59.0 Å². The highest BCUT2D eigenvalue weighted by Crippen LogP contribution is 2.26. The van der Waals surface area contributed by atoms with Crippen LogP contribution in [-0.2, 0) is 31.6 Å². The summed E-state index contributed by atoms with van der Waals surface area (Å²) < 4.78 is 26.5. The fourth-order valence-corrected chi connectivity index (χ4v) is 4.72. The van der Waals surface area contributed by atoms with Crippen LogP contribution in [0.1, 0.15) is 52.2 Å². The number of hydrogen-bond acceptors (Lipinski definition) is 4. The van der Waals surface area contributed by atoms with E-state index in [0.717, 1.165) is 21.7 Å². The van der Waals surface area contributed by atoms with E-state index in [9.17, 15) is 18.0 Å². The average molecular weight is 522 g/mol. The third kappa shape index (κ3) is 7.97. The number of hydrogen-bond donors (Lipinski definition) is 1. The van der Waals surface area contributed by atoms with E-state index in [1.54, 1.807) is 36.4 Å². The number of nitrogens with one attached hydrogen (secondary N) is 1. The van der Waals surface area contributed by atoms with E-state index in [1.165, 1.54) is 4.90 Å². The monoisotopic (exact) mass is 521 g/mol. The van der Waals surface area contributed by atoms with E-state index >= 15 is 0 Å². The second-order valence-corrected chi connectivity index (χ2v) is 11.9. The maximum absolute atomic E-state index is 13.6. The van der Waals surface area contributed by atoms with Crippen LogP contribution >= 0.6 is 11.6 Å². The largest absolute Gasteiger partial charge is 0.355 e. The smallest absolute Gasteiger partial charge is 0.244 e. The Morgan fingerprint density at radius 1 is 1.00 bits per heavy atom. The molecule has 0 bridgehead atoms. The van der Waals surface area contributed by atoms with Crippen molar-refractivity contribution >= 4 is 39.1 Å². The zero-order valence-corrected chi connectivity index (χ0v) is 22.9. The molecule has 35 heavy (non-hydrogen) atoms. The molecule has 9 heteroatoms. The van der Waals surface area contributed by atoms with Gasteiger partial charge in [-0.3, -0.25) is 13.9 Å². The fraction of sp³-hybridized carbons (Fsp3) is 0.462. The zero-order valence-electron chi connectivity index (χ0n) is 21.3. The van der Waals surface area contributed by atoms with Crippen LogP contribution in [0, 0.1) is 0 Å². The van der Waals surface area contributed by atoms with Crippen molar-refractivity contribution < 1.29 is 18.0 Å². The topological polar surface area (TPSA) is 86.8 Å². The first-order chi connectivity index (χ1) is 16.3. The van der Waals surface area contributed by atoms with Crippen molar-refractivity contribution in [3.63, 3.8) is 0 Å². The standard InChI is InChI=1S/C26H36ClN3O4S/c1-7-23(25(32)28-8-2)29(17-19-9-13-21(27)14-10-19)24(31)18-30(35(6,33)34)22-15-11-20(12-16-22)26(3,4)5/h9-16,23H,7-8,17-18H2,1-6H3,(H,28,32). The maximum Gasteiger partial charge on any atom is 0.244 e. The molecule has 0 radical (unpaired) electrons. The summed E-state index contributed by atoms with van der Waals surface area (Å²) in [5.41, 5.74) is 2.13. The van der Waals surface area contributed by atoms with Gasteiger partial charge in [0.05, 0.1) is 11.9 Å². The highest BCUT2D eigenvalue weighted by Gasteiger charge is 2.31. The number of benzene rings is 2. The summed E-state index contributed by atoms with van der Waals surface area (Å²) in [6.07, 6.45) is 1.45. The molecule has 1 unspecified atom stereocenters. The van der Waals surface area contributed by atoms with E-state index in [4.69, 9.17) is 11.6 Å². The molecular weight excluding hydrogens is 486 g/mol. The summed E-state index contributed by atoms with van der Waals surface area (Å²) in [5.74, 6) is -0.749. The molecule has 0 saturated carbocycles. The SMILES string of the molecule is CCNC(=O)C(CC)N(Cc1ccc(Cl)cc1)C(=O)CN(c1ccc(C(C)(C)C)cc1)S(C)(=O)=O. The molecule has 2 rings (SSSR count). The Morgan fingerprint density at radius 2 is 1.57 bits per heavy atom. The Kier molecular flexibility index (Phi) is 9.75. The van der Waals surface area contributed by atoms with Crippen LogP contribution in [0.15, 0.2) is 48.5 Å². The number of sulfonamides is 1. The highest BCUT2D eigenvalue weighted by molar-refractivity contribution is 7.92. The van der Waals surface area contributed by atoms with Crippen molar-refractivity contribution in [3.8, 4) is 0 Å². The molecule has 0 spiro atoms. The lowest BCUT2D eigenvalue weighted by molar-refractivity contribution is -0.140. The van der Waals surface area contributed by atoms with E-state index in [0.29, 0.717) is 23.7 Å². The molecule has 192 valence electrons. The lowest BCUT2D eigenvalue weighted by Gasteiger charge is -2.33. The summed E-state index contributed by atoms with van der Waals surface area (Å²) in [6, 6.07) is 13.4. The van der Waals surface area contributed by atoms with Crippen LogP contribution in [-0.4, -0.2) is 50.5 Å². The Balaban J connectivity index is 2.42. The second-order valence-electron chi connectivity index (χ2n) is 9.53. The Morgan fingerprint density at radius 3 is 2.03 bits per heavy atom. The van der Waals surface area contributed by atoms with Gasteiger partial charge in [-0.05, 0) is 54.2 Å². The van der Waals surface area contributed by atoms with Crippen molar-refractivity contribution in [1.82, 2.24) is 10.2 Å². The molecule has 2 amide bonds. The Hall–Kier alpha value is -2.58. The van der Waals surface area contributed by atoms with Crippen LogP contribution in [0.5, 0.6) is 0 Å². The molecule has 0 aliphatic carbocycles. The normalized spacial score (nSPS) is 12.7. The number of amides is 2. The van der Waals surface area contributed by atoms with Crippen molar-refractivity contribution in [1.29, 1.82) is 0 Å². The van der Waals surface area contributed by atoms with Crippen molar-refractivity contribution in [2.24, 2.45) is 0 Å². The lowest BCUT2D eigenvalue weighted by Crippen LogP contribution is -2.52. The minimum atomic E-state index is -3.77. The zero-order chi connectivity index (χ0) is 26.4. The van der Waals surface area contributed by atoms with E-state index < -0.39 is 28.5 Å². The van der Waals surface area contributed by atoms with Crippen LogP contribution in [0.4, 0.5) is 5.69 Å². The predicted molar refractivity (Wildman–Crippen MR) is 142 cm³/mol.